The number of pyridine rings is 1. The van der Waals surface area contributed by atoms with Crippen LogP contribution in [0.5, 0.6) is 0 Å². The quantitative estimate of drug-likeness (QED) is 0.865. The van der Waals surface area contributed by atoms with E-state index in [0.29, 0.717) is 6.54 Å². The van der Waals surface area contributed by atoms with Gasteiger partial charge in [0.15, 0.2) is 0 Å². The number of nitrogens with one attached hydrogen (secondary N) is 1. The van der Waals surface area contributed by atoms with E-state index in [4.69, 9.17) is 0 Å². The molecule has 1 N–H and O–H groups in total. The lowest BCUT2D eigenvalue weighted by atomic mass is 9.94. The third kappa shape index (κ3) is 4.01. The standard InChI is InChI=1S/C22H31N3O3/c1-15-7-5-6-12-25(15)22(28)19-14-24(17-8-3-2-4-9-17)13-18(20(19)26)21(27)23-16-10-11-16/h13-17H,2-12H2,1H3,(H,23,27)/t15-/m1/s1. The molecular formula is C22H31N3O3. The smallest absolute Gasteiger partial charge is 0.259 e. The van der Waals surface area contributed by atoms with Crippen molar-refractivity contribution in [2.75, 3.05) is 6.54 Å². The Balaban J connectivity index is 1.71. The van der Waals surface area contributed by atoms with E-state index >= 15 is 0 Å². The molecule has 6 heteroatoms. The van der Waals surface area contributed by atoms with Gasteiger partial charge in [0.1, 0.15) is 11.1 Å². The molecule has 1 aromatic heterocycles. The average molecular weight is 386 g/mol. The number of aromatic nitrogens is 1. The van der Waals surface area contributed by atoms with Gasteiger partial charge in [-0.2, -0.15) is 0 Å². The molecular weight excluding hydrogens is 354 g/mol. The minimum atomic E-state index is -0.423. The molecule has 28 heavy (non-hydrogen) atoms. The Hall–Kier alpha value is -2.11. The van der Waals surface area contributed by atoms with E-state index in [0.717, 1.165) is 57.8 Å². The first-order valence-corrected chi connectivity index (χ1v) is 10.9. The largest absolute Gasteiger partial charge is 0.349 e. The van der Waals surface area contributed by atoms with E-state index in [1.807, 2.05) is 16.4 Å². The van der Waals surface area contributed by atoms with Gasteiger partial charge in [0, 0.05) is 37.1 Å². The number of carbonyl (C=O) groups is 2. The van der Waals surface area contributed by atoms with Crippen LogP contribution in [-0.4, -0.2) is 39.9 Å². The molecule has 3 fully saturated rings. The van der Waals surface area contributed by atoms with E-state index in [-0.39, 0.29) is 41.1 Å². The Kier molecular flexibility index (Phi) is 5.56. The lowest BCUT2D eigenvalue weighted by Gasteiger charge is -2.33. The van der Waals surface area contributed by atoms with Crippen LogP contribution >= 0.6 is 0 Å². The van der Waals surface area contributed by atoms with Crippen LogP contribution in [0, 0.1) is 0 Å². The Labute approximate surface area is 166 Å². The lowest BCUT2D eigenvalue weighted by molar-refractivity contribution is 0.0633. The first-order chi connectivity index (χ1) is 13.5. The Morgan fingerprint density at radius 3 is 2.29 bits per heavy atom. The van der Waals surface area contributed by atoms with E-state index in [9.17, 15) is 14.4 Å². The molecule has 3 aliphatic rings. The maximum atomic E-state index is 13.3. The monoisotopic (exact) mass is 385 g/mol. The molecule has 0 spiro atoms. The summed E-state index contributed by atoms with van der Waals surface area (Å²) in [6.45, 7) is 2.72. The third-order valence-corrected chi connectivity index (χ3v) is 6.49. The van der Waals surface area contributed by atoms with Gasteiger partial charge in [0.2, 0.25) is 5.43 Å². The summed E-state index contributed by atoms with van der Waals surface area (Å²) >= 11 is 0. The van der Waals surface area contributed by atoms with Gasteiger partial charge in [-0.3, -0.25) is 14.4 Å². The number of hydrogen-bond donors (Lipinski definition) is 1. The van der Waals surface area contributed by atoms with Gasteiger partial charge in [0.25, 0.3) is 11.8 Å². The van der Waals surface area contributed by atoms with Gasteiger partial charge < -0.3 is 14.8 Å². The number of carbonyl (C=O) groups excluding carboxylic acids is 2. The number of rotatable bonds is 4. The van der Waals surface area contributed by atoms with Crippen molar-refractivity contribution in [3.63, 3.8) is 0 Å². The zero-order valence-corrected chi connectivity index (χ0v) is 16.8. The van der Waals surface area contributed by atoms with Crippen LogP contribution in [0.1, 0.15) is 97.9 Å². The normalized spacial score (nSPS) is 23.5. The second-order valence-electron chi connectivity index (χ2n) is 8.74. The minimum absolute atomic E-state index is 0.119. The molecule has 2 saturated carbocycles. The summed E-state index contributed by atoms with van der Waals surface area (Å²) < 4.78 is 1.98. The zero-order chi connectivity index (χ0) is 19.7. The number of nitrogens with zero attached hydrogens (tertiary/aromatic N) is 2. The summed E-state index contributed by atoms with van der Waals surface area (Å²) in [5.41, 5.74) is -0.149. The molecule has 2 heterocycles. The van der Waals surface area contributed by atoms with Gasteiger partial charge in [0.05, 0.1) is 0 Å². The van der Waals surface area contributed by atoms with Gasteiger partial charge >= 0.3 is 0 Å². The summed E-state index contributed by atoms with van der Waals surface area (Å²) in [5, 5.41) is 2.92. The fourth-order valence-corrected chi connectivity index (χ4v) is 4.55. The second kappa shape index (κ2) is 8.10. The molecule has 2 aliphatic carbocycles. The lowest BCUT2D eigenvalue weighted by Crippen LogP contribution is -2.44. The van der Waals surface area contributed by atoms with E-state index < -0.39 is 5.43 Å². The molecule has 1 atom stereocenters. The Morgan fingerprint density at radius 2 is 1.61 bits per heavy atom. The number of amides is 2. The first kappa shape index (κ1) is 19.2. The van der Waals surface area contributed by atoms with E-state index in [1.165, 1.54) is 6.42 Å². The summed E-state index contributed by atoms with van der Waals surface area (Å²) in [6.07, 6.45) is 13.9. The Morgan fingerprint density at radius 1 is 0.929 bits per heavy atom. The van der Waals surface area contributed by atoms with Crippen LogP contribution in [-0.2, 0) is 0 Å². The maximum absolute atomic E-state index is 13.3. The van der Waals surface area contributed by atoms with Crippen molar-refractivity contribution >= 4 is 11.8 Å². The zero-order valence-electron chi connectivity index (χ0n) is 16.8. The average Bonchev–Trinajstić information content (AvgIpc) is 3.52. The summed E-state index contributed by atoms with van der Waals surface area (Å²) in [6, 6.07) is 0.566. The number of piperidine rings is 1. The molecule has 0 unspecified atom stereocenters. The van der Waals surface area contributed by atoms with Gasteiger partial charge in [-0.1, -0.05) is 19.3 Å². The van der Waals surface area contributed by atoms with Crippen LogP contribution in [0.2, 0.25) is 0 Å². The topological polar surface area (TPSA) is 71.4 Å². The highest BCUT2D eigenvalue weighted by Crippen LogP contribution is 2.28. The van der Waals surface area contributed by atoms with Crippen molar-refractivity contribution in [2.45, 2.75) is 89.3 Å². The number of hydrogen-bond acceptors (Lipinski definition) is 3. The van der Waals surface area contributed by atoms with Gasteiger partial charge in [-0.15, -0.1) is 0 Å². The molecule has 2 amide bonds. The molecule has 0 radical (unpaired) electrons. The molecule has 1 aromatic rings. The predicted molar refractivity (Wildman–Crippen MR) is 108 cm³/mol. The first-order valence-electron chi connectivity index (χ1n) is 10.9. The fourth-order valence-electron chi connectivity index (χ4n) is 4.55. The molecule has 1 saturated heterocycles. The van der Waals surface area contributed by atoms with Gasteiger partial charge in [-0.25, -0.2) is 0 Å². The molecule has 6 nitrogen and oxygen atoms in total. The van der Waals surface area contributed by atoms with Crippen molar-refractivity contribution < 1.29 is 9.59 Å². The molecule has 0 aromatic carbocycles. The van der Waals surface area contributed by atoms with Crippen molar-refractivity contribution in [1.82, 2.24) is 14.8 Å². The predicted octanol–water partition coefficient (Wildman–Crippen LogP) is 3.26. The summed E-state index contributed by atoms with van der Waals surface area (Å²) in [4.78, 5) is 40.9. The Bertz CT molecular complexity index is 806. The third-order valence-electron chi connectivity index (χ3n) is 6.49. The SMILES string of the molecule is C[C@@H]1CCCCN1C(=O)c1cn(C2CCCCC2)cc(C(=O)NC2CC2)c1=O. The maximum Gasteiger partial charge on any atom is 0.259 e. The highest BCUT2D eigenvalue weighted by Gasteiger charge is 2.30. The van der Waals surface area contributed by atoms with E-state index in [1.54, 1.807) is 12.4 Å². The van der Waals surface area contributed by atoms with E-state index in [2.05, 4.69) is 5.32 Å². The van der Waals surface area contributed by atoms with Gasteiger partial charge in [-0.05, 0) is 51.9 Å². The molecule has 4 rings (SSSR count). The summed E-state index contributed by atoms with van der Waals surface area (Å²) in [7, 11) is 0. The highest BCUT2D eigenvalue weighted by atomic mass is 16.2. The van der Waals surface area contributed by atoms with Crippen LogP contribution in [0.3, 0.4) is 0 Å². The molecule has 1 aliphatic heterocycles. The fraction of sp³-hybridized carbons (Fsp3) is 0.682. The summed E-state index contributed by atoms with van der Waals surface area (Å²) in [5.74, 6) is -0.554. The molecule has 0 bridgehead atoms. The van der Waals surface area contributed by atoms with Crippen molar-refractivity contribution in [2.24, 2.45) is 0 Å². The van der Waals surface area contributed by atoms with Crippen molar-refractivity contribution in [3.05, 3.63) is 33.7 Å². The van der Waals surface area contributed by atoms with Crippen LogP contribution in [0.15, 0.2) is 17.2 Å². The second-order valence-corrected chi connectivity index (χ2v) is 8.74. The highest BCUT2D eigenvalue weighted by molar-refractivity contribution is 5.99. The van der Waals surface area contributed by atoms with Crippen molar-refractivity contribution in [3.8, 4) is 0 Å². The van der Waals surface area contributed by atoms with Crippen LogP contribution in [0.4, 0.5) is 0 Å². The molecule has 152 valence electrons. The number of likely N-dealkylation sites (tertiary alicyclic amines) is 1. The van der Waals surface area contributed by atoms with Crippen LogP contribution < -0.4 is 10.7 Å². The van der Waals surface area contributed by atoms with Crippen LogP contribution in [0.25, 0.3) is 0 Å². The van der Waals surface area contributed by atoms with Crippen molar-refractivity contribution in [1.29, 1.82) is 0 Å². The minimum Gasteiger partial charge on any atom is -0.349 e.